The third kappa shape index (κ3) is 4.94. The molecule has 0 aromatic heterocycles. The molecule has 2 heterocycles. The predicted molar refractivity (Wildman–Crippen MR) is 131 cm³/mol. The first-order chi connectivity index (χ1) is 16.3. The Kier molecular flexibility index (Phi) is 7.22. The lowest BCUT2D eigenvalue weighted by molar-refractivity contribution is 0.0698. The van der Waals surface area contributed by atoms with Gasteiger partial charge in [0, 0.05) is 69.7 Å². The number of hydrogen-bond acceptors (Lipinski definition) is 6. The number of carbonyl (C=O) groups excluding carboxylic acids is 1. The van der Waals surface area contributed by atoms with Crippen LogP contribution < -0.4 is 4.90 Å². The fourth-order valence-corrected chi connectivity index (χ4v) is 6.11. The predicted octanol–water partition coefficient (Wildman–Crippen LogP) is 2.24. The van der Waals surface area contributed by atoms with Crippen LogP contribution >= 0.6 is 0 Å². The monoisotopic (exact) mass is 481 g/mol. The second-order valence-electron chi connectivity index (χ2n) is 8.97. The summed E-state index contributed by atoms with van der Waals surface area (Å²) in [5.41, 5.74) is 1.86. The molecule has 0 saturated carbocycles. The molecule has 0 aliphatic carbocycles. The minimum atomic E-state index is -3.78. The van der Waals surface area contributed by atoms with Gasteiger partial charge >= 0.3 is 0 Å². The maximum atomic E-state index is 13.0. The molecule has 1 amide bonds. The molecule has 0 N–H and O–H groups in total. The molecule has 9 heteroatoms. The van der Waals surface area contributed by atoms with E-state index >= 15 is 0 Å². The zero-order valence-electron chi connectivity index (χ0n) is 19.7. The van der Waals surface area contributed by atoms with Gasteiger partial charge in [0.15, 0.2) is 0 Å². The van der Waals surface area contributed by atoms with E-state index in [-0.39, 0.29) is 29.5 Å². The second-order valence-corrected chi connectivity index (χ2v) is 10.9. The van der Waals surface area contributed by atoms with Crippen molar-refractivity contribution in [1.29, 1.82) is 5.26 Å². The summed E-state index contributed by atoms with van der Waals surface area (Å²) >= 11 is 0. The molecule has 8 nitrogen and oxygen atoms in total. The summed E-state index contributed by atoms with van der Waals surface area (Å²) in [6, 6.07) is 16.4. The molecule has 180 valence electrons. The molecule has 2 aliphatic rings. The fraction of sp³-hybridized carbons (Fsp3) is 0.440. The first-order valence-corrected chi connectivity index (χ1v) is 13.1. The van der Waals surface area contributed by atoms with Crippen LogP contribution in [-0.4, -0.2) is 86.8 Å². The first-order valence-electron chi connectivity index (χ1n) is 11.7. The number of piperazine rings is 2. The summed E-state index contributed by atoms with van der Waals surface area (Å²) in [7, 11) is -3.78. The smallest absolute Gasteiger partial charge is 0.253 e. The van der Waals surface area contributed by atoms with Crippen LogP contribution in [0.3, 0.4) is 0 Å². The highest BCUT2D eigenvalue weighted by Gasteiger charge is 2.32. The molecule has 4 rings (SSSR count). The molecule has 34 heavy (non-hydrogen) atoms. The molecule has 0 spiro atoms. The topological polar surface area (TPSA) is 88.0 Å². The van der Waals surface area contributed by atoms with Crippen LogP contribution in [0.1, 0.15) is 29.8 Å². The number of anilines is 1. The van der Waals surface area contributed by atoms with Gasteiger partial charge in [0.2, 0.25) is 10.0 Å². The highest BCUT2D eigenvalue weighted by atomic mass is 32.2. The van der Waals surface area contributed by atoms with Crippen LogP contribution in [0.25, 0.3) is 0 Å². The Morgan fingerprint density at radius 3 is 2.09 bits per heavy atom. The number of hydrogen-bond donors (Lipinski definition) is 0. The molecular weight excluding hydrogens is 450 g/mol. The van der Waals surface area contributed by atoms with E-state index in [9.17, 15) is 18.5 Å². The molecule has 2 aromatic rings. The molecule has 0 radical (unpaired) electrons. The Morgan fingerprint density at radius 1 is 0.882 bits per heavy atom. The molecule has 2 aliphatic heterocycles. The summed E-state index contributed by atoms with van der Waals surface area (Å²) in [6.45, 7) is 9.46. The summed E-state index contributed by atoms with van der Waals surface area (Å²) in [6.07, 6.45) is 0. The quantitative estimate of drug-likeness (QED) is 0.651. The van der Waals surface area contributed by atoms with Crippen molar-refractivity contribution in [3.8, 4) is 6.07 Å². The highest BCUT2D eigenvalue weighted by molar-refractivity contribution is 7.89. The van der Waals surface area contributed by atoms with E-state index in [0.29, 0.717) is 24.7 Å². The molecule has 0 atom stereocenters. The zero-order chi connectivity index (χ0) is 24.3. The molecular formula is C25H31N5O3S. The van der Waals surface area contributed by atoms with Crippen molar-refractivity contribution < 1.29 is 13.2 Å². The van der Waals surface area contributed by atoms with Crippen LogP contribution in [0.4, 0.5) is 5.69 Å². The number of sulfonamides is 1. The van der Waals surface area contributed by atoms with Crippen LogP contribution in [-0.2, 0) is 10.0 Å². The van der Waals surface area contributed by atoms with E-state index in [1.54, 1.807) is 17.0 Å². The largest absolute Gasteiger partial charge is 0.369 e. The van der Waals surface area contributed by atoms with E-state index in [0.717, 1.165) is 31.9 Å². The van der Waals surface area contributed by atoms with Crippen molar-refractivity contribution in [2.24, 2.45) is 0 Å². The van der Waals surface area contributed by atoms with Gasteiger partial charge < -0.3 is 9.80 Å². The van der Waals surface area contributed by atoms with Gasteiger partial charge in [0.05, 0.1) is 10.5 Å². The van der Waals surface area contributed by atoms with Gasteiger partial charge in [-0.1, -0.05) is 12.1 Å². The third-order valence-corrected chi connectivity index (χ3v) is 8.63. The lowest BCUT2D eigenvalue weighted by atomic mass is 10.1. The average Bonchev–Trinajstić information content (AvgIpc) is 2.88. The molecule has 2 fully saturated rings. The van der Waals surface area contributed by atoms with Gasteiger partial charge in [-0.3, -0.25) is 9.69 Å². The van der Waals surface area contributed by atoms with Gasteiger partial charge in [-0.05, 0) is 50.2 Å². The number of nitriles is 1. The van der Waals surface area contributed by atoms with Crippen molar-refractivity contribution in [2.75, 3.05) is 57.3 Å². The second kappa shape index (κ2) is 10.1. The Labute approximate surface area is 202 Å². The van der Waals surface area contributed by atoms with Crippen molar-refractivity contribution in [3.63, 3.8) is 0 Å². The fourth-order valence-electron chi connectivity index (χ4n) is 4.55. The number of benzene rings is 2. The standard InChI is InChI=1S/C25H31N5O3S/c1-20(2)27-11-13-28(14-12-27)23-9-7-21(8-10-23)25(31)29-15-17-30(18-16-29)34(32,33)24-6-4-3-5-22(24)19-26/h3-10,20H,11-18H2,1-2H3. The van der Waals surface area contributed by atoms with E-state index in [1.165, 1.54) is 16.4 Å². The summed E-state index contributed by atoms with van der Waals surface area (Å²) in [4.78, 5) is 19.5. The molecule has 2 saturated heterocycles. The van der Waals surface area contributed by atoms with E-state index in [1.807, 2.05) is 30.3 Å². The minimum Gasteiger partial charge on any atom is -0.369 e. The van der Waals surface area contributed by atoms with Crippen molar-refractivity contribution in [3.05, 3.63) is 59.7 Å². The Hall–Kier alpha value is -2.93. The van der Waals surface area contributed by atoms with Crippen LogP contribution in [0.15, 0.2) is 53.4 Å². The SMILES string of the molecule is CC(C)N1CCN(c2ccc(C(=O)N3CCN(S(=O)(=O)c4ccccc4C#N)CC3)cc2)CC1. The lowest BCUT2D eigenvalue weighted by Crippen LogP contribution is -2.50. The summed E-state index contributed by atoms with van der Waals surface area (Å²) in [5.74, 6) is -0.0920. The molecule has 2 aromatic carbocycles. The summed E-state index contributed by atoms with van der Waals surface area (Å²) < 4.78 is 27.4. The lowest BCUT2D eigenvalue weighted by Gasteiger charge is -2.38. The Bertz CT molecular complexity index is 1160. The number of nitrogens with zero attached hydrogens (tertiary/aromatic N) is 5. The average molecular weight is 482 g/mol. The van der Waals surface area contributed by atoms with E-state index < -0.39 is 10.0 Å². The van der Waals surface area contributed by atoms with Gasteiger partial charge in [-0.25, -0.2) is 8.42 Å². The maximum Gasteiger partial charge on any atom is 0.253 e. The molecule has 0 bridgehead atoms. The number of amides is 1. The van der Waals surface area contributed by atoms with Gasteiger partial charge in [-0.15, -0.1) is 0 Å². The highest BCUT2D eigenvalue weighted by Crippen LogP contribution is 2.23. The third-order valence-electron chi connectivity index (χ3n) is 6.68. The van der Waals surface area contributed by atoms with Gasteiger partial charge in [-0.2, -0.15) is 9.57 Å². The number of carbonyl (C=O) groups is 1. The minimum absolute atomic E-state index is 0.0158. The maximum absolute atomic E-state index is 13.0. The van der Waals surface area contributed by atoms with Crippen LogP contribution in [0.5, 0.6) is 0 Å². The number of rotatable bonds is 5. The van der Waals surface area contributed by atoms with Crippen molar-refractivity contribution in [2.45, 2.75) is 24.8 Å². The Balaban J connectivity index is 1.36. The zero-order valence-corrected chi connectivity index (χ0v) is 20.5. The van der Waals surface area contributed by atoms with E-state index in [2.05, 4.69) is 23.6 Å². The van der Waals surface area contributed by atoms with Gasteiger partial charge in [0.1, 0.15) is 6.07 Å². The van der Waals surface area contributed by atoms with E-state index in [4.69, 9.17) is 0 Å². The van der Waals surface area contributed by atoms with Gasteiger partial charge in [0.25, 0.3) is 5.91 Å². The van der Waals surface area contributed by atoms with Crippen LogP contribution in [0, 0.1) is 11.3 Å². The molecule has 0 unspecified atom stereocenters. The normalized spacial score (nSPS) is 18.2. The first kappa shape index (κ1) is 24.2. The summed E-state index contributed by atoms with van der Waals surface area (Å²) in [5, 5.41) is 9.27. The van der Waals surface area contributed by atoms with Crippen LogP contribution in [0.2, 0.25) is 0 Å². The van der Waals surface area contributed by atoms with Crippen molar-refractivity contribution >= 4 is 21.6 Å². The Morgan fingerprint density at radius 2 is 1.50 bits per heavy atom. The van der Waals surface area contributed by atoms with Crippen molar-refractivity contribution in [1.82, 2.24) is 14.1 Å².